The molecule has 0 radical (unpaired) electrons. The van der Waals surface area contributed by atoms with Gasteiger partial charge in [0.15, 0.2) is 11.5 Å². The minimum absolute atomic E-state index is 0.0307. The Bertz CT molecular complexity index is 1790. The van der Waals surface area contributed by atoms with E-state index in [-0.39, 0.29) is 49.7 Å². The number of anilines is 2. The maximum atomic E-state index is 13.1. The van der Waals surface area contributed by atoms with Crippen LogP contribution < -0.4 is 15.5 Å². The monoisotopic (exact) mass is 711 g/mol. The minimum Gasteiger partial charge on any atom is -0.351 e. The summed E-state index contributed by atoms with van der Waals surface area (Å²) < 4.78 is 68.7. The van der Waals surface area contributed by atoms with E-state index in [1.54, 1.807) is 4.68 Å². The Morgan fingerprint density at radius 2 is 1.79 bits per heavy atom. The Balaban J connectivity index is 0.952. The van der Waals surface area contributed by atoms with E-state index < -0.39 is 32.9 Å². The molecule has 3 saturated heterocycles. The lowest BCUT2D eigenvalue weighted by molar-refractivity contribution is -0.141. The van der Waals surface area contributed by atoms with Crippen LogP contribution >= 0.6 is 11.6 Å². The summed E-state index contributed by atoms with van der Waals surface area (Å²) in [7, 11) is -1.64. The number of urea groups is 1. The van der Waals surface area contributed by atoms with Crippen molar-refractivity contribution < 1.29 is 31.2 Å². The van der Waals surface area contributed by atoms with Crippen LogP contribution in [-0.4, -0.2) is 100 Å². The number of fused-ring (bicyclic) bond motifs is 1. The first-order valence-electron chi connectivity index (χ1n) is 15.9. The first-order chi connectivity index (χ1) is 22.8. The Morgan fingerprint density at radius 3 is 2.48 bits per heavy atom. The molecule has 0 bridgehead atoms. The van der Waals surface area contributed by atoms with Crippen molar-refractivity contribution in [2.45, 2.75) is 56.7 Å². The molecule has 2 aromatic heterocycles. The largest absolute Gasteiger partial charge is 0.435 e. The van der Waals surface area contributed by atoms with E-state index in [2.05, 4.69) is 42.7 Å². The van der Waals surface area contributed by atoms with Crippen LogP contribution in [0.5, 0.6) is 0 Å². The van der Waals surface area contributed by atoms with Crippen molar-refractivity contribution in [2.24, 2.45) is 7.05 Å². The highest BCUT2D eigenvalue weighted by molar-refractivity contribution is 7.89. The van der Waals surface area contributed by atoms with Gasteiger partial charge in [0.25, 0.3) is 0 Å². The van der Waals surface area contributed by atoms with E-state index in [4.69, 9.17) is 11.6 Å². The number of benzene rings is 1. The molecule has 6 rings (SSSR count). The number of hydrogen-bond donors (Lipinski definition) is 2. The highest BCUT2D eigenvalue weighted by Crippen LogP contribution is 2.35. The molecule has 0 saturated carbocycles. The number of likely N-dealkylation sites (tertiary alicyclic amines) is 1. The second-order valence-corrected chi connectivity index (χ2v) is 15.0. The Hall–Kier alpha value is -3.54. The number of nitrogens with zero attached hydrogens (tertiary/aromatic N) is 7. The second-order valence-electron chi connectivity index (χ2n) is 12.5. The summed E-state index contributed by atoms with van der Waals surface area (Å²) >= 11 is 5.60. The topological polar surface area (TPSA) is 146 Å². The fourth-order valence-electron chi connectivity index (χ4n) is 6.66. The molecule has 3 fully saturated rings. The SMILES string of the molecule is Cn1nc(N2CCC(=O)NC2=O)c2ccc(C3CCN(CCCS(=O)(=O)N4CCC(Nc5ncc(Cl)c(C(F)(F)F)n5)CC4)CC3)cc21. The van der Waals surface area contributed by atoms with Crippen LogP contribution in [0.4, 0.5) is 29.7 Å². The average molecular weight is 712 g/mol. The fraction of sp³-hybridized carbons (Fsp3) is 0.567. The number of imide groups is 1. The molecular weight excluding hydrogens is 675 g/mol. The van der Waals surface area contributed by atoms with Gasteiger partial charge >= 0.3 is 12.2 Å². The zero-order chi connectivity index (χ0) is 34.2. The maximum absolute atomic E-state index is 13.1. The van der Waals surface area contributed by atoms with E-state index in [0.29, 0.717) is 37.5 Å². The molecule has 3 amide bonds. The van der Waals surface area contributed by atoms with E-state index >= 15 is 0 Å². The van der Waals surface area contributed by atoms with Gasteiger partial charge in [0.2, 0.25) is 21.9 Å². The minimum atomic E-state index is -4.70. The Morgan fingerprint density at radius 1 is 1.06 bits per heavy atom. The van der Waals surface area contributed by atoms with Crippen LogP contribution in [-0.2, 0) is 28.0 Å². The highest BCUT2D eigenvalue weighted by Gasteiger charge is 2.36. The number of rotatable bonds is 9. The molecule has 1 aromatic carbocycles. The quantitative estimate of drug-likeness (QED) is 0.337. The first kappa shape index (κ1) is 34.3. The number of sulfonamides is 1. The number of carbonyl (C=O) groups is 2. The van der Waals surface area contributed by atoms with Gasteiger partial charge in [-0.1, -0.05) is 17.7 Å². The molecule has 13 nitrogen and oxygen atoms in total. The summed E-state index contributed by atoms with van der Waals surface area (Å²) in [6, 6.07) is 5.46. The number of piperidine rings is 2. The van der Waals surface area contributed by atoms with Gasteiger partial charge in [0.1, 0.15) is 0 Å². The predicted octanol–water partition coefficient (Wildman–Crippen LogP) is 3.96. The number of alkyl halides is 3. The summed E-state index contributed by atoms with van der Waals surface area (Å²) in [5.74, 6) is 0.428. The van der Waals surface area contributed by atoms with Crippen molar-refractivity contribution >= 4 is 56.2 Å². The third kappa shape index (κ3) is 7.53. The van der Waals surface area contributed by atoms with Crippen molar-refractivity contribution in [3.05, 3.63) is 40.7 Å². The lowest BCUT2D eigenvalue weighted by Crippen LogP contribution is -2.49. The Kier molecular flexibility index (Phi) is 9.84. The molecule has 0 aliphatic carbocycles. The summed E-state index contributed by atoms with van der Waals surface area (Å²) in [6.07, 6.45) is -0.368. The molecule has 0 unspecified atom stereocenters. The zero-order valence-corrected chi connectivity index (χ0v) is 27.9. The molecule has 2 N–H and O–H groups in total. The van der Waals surface area contributed by atoms with Crippen LogP contribution in [0.25, 0.3) is 10.9 Å². The normalized spacial score (nSPS) is 19.6. The van der Waals surface area contributed by atoms with Gasteiger partial charge in [0.05, 0.1) is 22.5 Å². The molecule has 0 atom stereocenters. The van der Waals surface area contributed by atoms with Crippen molar-refractivity contribution in [1.82, 2.24) is 34.3 Å². The smallest absolute Gasteiger partial charge is 0.351 e. The van der Waals surface area contributed by atoms with Crippen molar-refractivity contribution in [1.29, 1.82) is 0 Å². The molecule has 48 heavy (non-hydrogen) atoms. The van der Waals surface area contributed by atoms with Gasteiger partial charge in [-0.3, -0.25) is 19.7 Å². The average Bonchev–Trinajstić information content (AvgIpc) is 3.37. The van der Waals surface area contributed by atoms with Gasteiger partial charge in [0, 0.05) is 44.5 Å². The predicted molar refractivity (Wildman–Crippen MR) is 173 cm³/mol. The number of halogens is 4. The van der Waals surface area contributed by atoms with Crippen LogP contribution in [0.1, 0.15) is 55.7 Å². The van der Waals surface area contributed by atoms with Crippen LogP contribution in [0.3, 0.4) is 0 Å². The standard InChI is InChI=1S/C30H37ClF3N9O4S/c1-40-24-17-20(3-4-22(24)27(39-40)43-15-9-25(44)37-29(43)45)19-5-11-41(12-6-19)10-2-16-48(46,47)42-13-7-21(8-14-42)36-28-35-18-23(31)26(38-28)30(32,33)34/h3-4,17-19,21H,2,5-16H2,1H3,(H,35,36,38)(H,37,44,45). The Labute approximate surface area is 280 Å². The molecule has 0 spiro atoms. The fourth-order valence-corrected chi connectivity index (χ4v) is 8.38. The summed E-state index contributed by atoms with van der Waals surface area (Å²) in [6.45, 7) is 3.18. The van der Waals surface area contributed by atoms with E-state index in [1.165, 1.54) is 14.8 Å². The number of amides is 3. The van der Waals surface area contributed by atoms with Crippen molar-refractivity contribution in [3.8, 4) is 0 Å². The number of aryl methyl sites for hydroxylation is 1. The second kappa shape index (κ2) is 13.8. The number of aromatic nitrogens is 4. The summed E-state index contributed by atoms with van der Waals surface area (Å²) in [4.78, 5) is 35.1. The van der Waals surface area contributed by atoms with E-state index in [0.717, 1.165) is 43.0 Å². The maximum Gasteiger partial charge on any atom is 0.435 e. The van der Waals surface area contributed by atoms with Gasteiger partial charge < -0.3 is 10.2 Å². The van der Waals surface area contributed by atoms with Crippen LogP contribution in [0, 0.1) is 0 Å². The molecule has 18 heteroatoms. The number of carbonyl (C=O) groups excluding carboxylic acids is 2. The summed E-state index contributed by atoms with van der Waals surface area (Å²) in [5, 5.41) is 10.1. The molecule has 5 heterocycles. The molecular formula is C30H37ClF3N9O4S. The molecule has 3 aromatic rings. The molecule has 260 valence electrons. The molecule has 3 aliphatic rings. The van der Waals surface area contributed by atoms with E-state index in [9.17, 15) is 31.2 Å². The lowest BCUT2D eigenvalue weighted by Gasteiger charge is -2.33. The van der Waals surface area contributed by atoms with Crippen LogP contribution in [0.15, 0.2) is 24.4 Å². The van der Waals surface area contributed by atoms with Crippen molar-refractivity contribution in [2.75, 3.05) is 55.2 Å². The third-order valence-corrected chi connectivity index (χ3v) is 11.5. The number of hydrogen-bond acceptors (Lipinski definition) is 9. The first-order valence-corrected chi connectivity index (χ1v) is 17.9. The lowest BCUT2D eigenvalue weighted by atomic mass is 9.89. The van der Waals surface area contributed by atoms with Gasteiger partial charge in [-0.25, -0.2) is 27.5 Å². The molecule has 3 aliphatic heterocycles. The third-order valence-electron chi connectivity index (χ3n) is 9.29. The van der Waals surface area contributed by atoms with Gasteiger partial charge in [-0.2, -0.15) is 18.3 Å². The van der Waals surface area contributed by atoms with E-state index in [1.807, 2.05) is 13.1 Å². The zero-order valence-electron chi connectivity index (χ0n) is 26.3. The van der Waals surface area contributed by atoms with Gasteiger partial charge in [-0.15, -0.1) is 0 Å². The van der Waals surface area contributed by atoms with Gasteiger partial charge in [-0.05, 0) is 75.4 Å². The van der Waals surface area contributed by atoms with Crippen LogP contribution in [0.2, 0.25) is 5.02 Å². The van der Waals surface area contributed by atoms with Crippen molar-refractivity contribution in [3.63, 3.8) is 0 Å². The highest BCUT2D eigenvalue weighted by atomic mass is 35.5. The number of nitrogens with one attached hydrogen (secondary N) is 2. The summed E-state index contributed by atoms with van der Waals surface area (Å²) in [5.41, 5.74) is 0.894.